The minimum atomic E-state index is -3.99. The maximum atomic E-state index is 13.6. The van der Waals surface area contributed by atoms with Gasteiger partial charge in [0.25, 0.3) is 15.9 Å². The minimum Gasteiger partial charge on any atom is -0.271 e. The third-order valence-electron chi connectivity index (χ3n) is 5.73. The van der Waals surface area contributed by atoms with Gasteiger partial charge in [-0.1, -0.05) is 77.9 Å². The Morgan fingerprint density at radius 3 is 2.31 bits per heavy atom. The summed E-state index contributed by atoms with van der Waals surface area (Å²) in [7, 11) is -3.99. The van der Waals surface area contributed by atoms with Gasteiger partial charge in [0.2, 0.25) is 0 Å². The summed E-state index contributed by atoms with van der Waals surface area (Å²) in [6.07, 6.45) is 1.57. The van der Waals surface area contributed by atoms with E-state index < -0.39 is 22.5 Å². The number of amides is 1. The number of nitrogens with one attached hydrogen (secondary N) is 1. The third kappa shape index (κ3) is 5.41. The Balaban J connectivity index is 1.61. The molecule has 0 atom stereocenters. The maximum Gasteiger partial charge on any atom is 0.264 e. The first-order valence-corrected chi connectivity index (χ1v) is 12.7. The van der Waals surface area contributed by atoms with Crippen molar-refractivity contribution in [1.29, 1.82) is 0 Å². The lowest BCUT2D eigenvalue weighted by atomic mass is 10.1. The number of rotatable bonds is 7. The SMILES string of the molecule is Cc1ccc(S(=O)(=O)N(CC(=O)N/N=C\c2cccc3ccccc23)c2ccc(C)cc2C)cc1. The predicted octanol–water partition coefficient (Wildman–Crippen LogP) is 5.11. The summed E-state index contributed by atoms with van der Waals surface area (Å²) in [6.45, 7) is 5.24. The highest BCUT2D eigenvalue weighted by molar-refractivity contribution is 7.92. The van der Waals surface area contributed by atoms with E-state index >= 15 is 0 Å². The summed E-state index contributed by atoms with van der Waals surface area (Å²) >= 11 is 0. The van der Waals surface area contributed by atoms with Crippen LogP contribution in [0.25, 0.3) is 10.8 Å². The van der Waals surface area contributed by atoms with Gasteiger partial charge >= 0.3 is 0 Å². The van der Waals surface area contributed by atoms with Gasteiger partial charge in [-0.25, -0.2) is 13.8 Å². The quantitative estimate of drug-likeness (QED) is 0.292. The molecule has 0 aromatic heterocycles. The van der Waals surface area contributed by atoms with Crippen LogP contribution in [0.1, 0.15) is 22.3 Å². The topological polar surface area (TPSA) is 78.8 Å². The summed E-state index contributed by atoms with van der Waals surface area (Å²) in [5.41, 5.74) is 6.49. The highest BCUT2D eigenvalue weighted by Crippen LogP contribution is 2.27. The normalized spacial score (nSPS) is 11.6. The van der Waals surface area contributed by atoms with E-state index in [-0.39, 0.29) is 4.90 Å². The molecular formula is C28H27N3O3S. The molecule has 0 saturated carbocycles. The Hall–Kier alpha value is -3.97. The van der Waals surface area contributed by atoms with Crippen LogP contribution < -0.4 is 9.73 Å². The van der Waals surface area contributed by atoms with Crippen LogP contribution in [0.4, 0.5) is 5.69 Å². The molecule has 4 aromatic rings. The number of carbonyl (C=O) groups excluding carboxylic acids is 1. The average Bonchev–Trinajstić information content (AvgIpc) is 2.83. The molecule has 0 aliphatic carbocycles. The Morgan fingerprint density at radius 2 is 1.57 bits per heavy atom. The second-order valence-electron chi connectivity index (χ2n) is 8.48. The zero-order valence-corrected chi connectivity index (χ0v) is 20.7. The van der Waals surface area contributed by atoms with Crippen molar-refractivity contribution in [2.45, 2.75) is 25.7 Å². The van der Waals surface area contributed by atoms with Crippen molar-refractivity contribution in [3.8, 4) is 0 Å². The number of carbonyl (C=O) groups is 1. The number of hydrazone groups is 1. The molecule has 4 aromatic carbocycles. The van der Waals surface area contributed by atoms with Crippen LogP contribution >= 0.6 is 0 Å². The highest BCUT2D eigenvalue weighted by atomic mass is 32.2. The molecule has 178 valence electrons. The molecule has 4 rings (SSSR count). The van der Waals surface area contributed by atoms with E-state index in [4.69, 9.17) is 0 Å². The zero-order valence-electron chi connectivity index (χ0n) is 19.9. The second kappa shape index (κ2) is 10.1. The Morgan fingerprint density at radius 1 is 0.886 bits per heavy atom. The Labute approximate surface area is 206 Å². The molecule has 7 heteroatoms. The fraction of sp³-hybridized carbons (Fsp3) is 0.143. The lowest BCUT2D eigenvalue weighted by Crippen LogP contribution is -2.40. The average molecular weight is 486 g/mol. The van der Waals surface area contributed by atoms with Crippen LogP contribution in [0.5, 0.6) is 0 Å². The number of sulfonamides is 1. The molecule has 6 nitrogen and oxygen atoms in total. The van der Waals surface area contributed by atoms with E-state index in [0.717, 1.165) is 37.3 Å². The van der Waals surface area contributed by atoms with Gasteiger partial charge in [0, 0.05) is 5.56 Å². The van der Waals surface area contributed by atoms with Crippen LogP contribution in [-0.4, -0.2) is 27.1 Å². The molecule has 0 unspecified atom stereocenters. The van der Waals surface area contributed by atoms with Gasteiger partial charge in [0.1, 0.15) is 6.54 Å². The van der Waals surface area contributed by atoms with Crippen LogP contribution in [0.2, 0.25) is 0 Å². The fourth-order valence-corrected chi connectivity index (χ4v) is 5.41. The summed E-state index contributed by atoms with van der Waals surface area (Å²) in [4.78, 5) is 13.0. The molecular weight excluding hydrogens is 458 g/mol. The van der Waals surface area contributed by atoms with E-state index in [1.165, 1.54) is 0 Å². The lowest BCUT2D eigenvalue weighted by molar-refractivity contribution is -0.119. The van der Waals surface area contributed by atoms with Crippen LogP contribution in [0.3, 0.4) is 0 Å². The van der Waals surface area contributed by atoms with Gasteiger partial charge in [-0.2, -0.15) is 5.10 Å². The van der Waals surface area contributed by atoms with Gasteiger partial charge in [-0.15, -0.1) is 0 Å². The number of nitrogens with zero attached hydrogens (tertiary/aromatic N) is 2. The number of benzene rings is 4. The number of fused-ring (bicyclic) bond motifs is 1. The van der Waals surface area contributed by atoms with Crippen LogP contribution in [-0.2, 0) is 14.8 Å². The molecule has 0 heterocycles. The largest absolute Gasteiger partial charge is 0.271 e. The van der Waals surface area contributed by atoms with Gasteiger partial charge in [-0.3, -0.25) is 9.10 Å². The fourth-order valence-electron chi connectivity index (χ4n) is 3.92. The van der Waals surface area contributed by atoms with E-state index in [2.05, 4.69) is 10.5 Å². The first-order chi connectivity index (χ1) is 16.8. The molecule has 0 aliphatic heterocycles. The Bertz CT molecular complexity index is 1510. The van der Waals surface area contributed by atoms with Crippen molar-refractivity contribution in [3.05, 3.63) is 107 Å². The van der Waals surface area contributed by atoms with E-state index in [1.54, 1.807) is 36.5 Å². The maximum absolute atomic E-state index is 13.6. The summed E-state index contributed by atoms with van der Waals surface area (Å²) < 4.78 is 28.3. The van der Waals surface area contributed by atoms with Crippen molar-refractivity contribution in [1.82, 2.24) is 5.43 Å². The van der Waals surface area contributed by atoms with E-state index in [1.807, 2.05) is 75.4 Å². The van der Waals surface area contributed by atoms with Crippen LogP contribution in [0.15, 0.2) is 94.9 Å². The van der Waals surface area contributed by atoms with Crippen molar-refractivity contribution >= 4 is 38.6 Å². The Kier molecular flexibility index (Phi) is 6.98. The van der Waals surface area contributed by atoms with Crippen molar-refractivity contribution < 1.29 is 13.2 Å². The van der Waals surface area contributed by atoms with Crippen molar-refractivity contribution in [2.75, 3.05) is 10.8 Å². The number of aryl methyl sites for hydroxylation is 3. The molecule has 0 aliphatic rings. The van der Waals surface area contributed by atoms with Crippen molar-refractivity contribution in [2.24, 2.45) is 5.10 Å². The van der Waals surface area contributed by atoms with Gasteiger partial charge in [0.05, 0.1) is 16.8 Å². The third-order valence-corrected chi connectivity index (χ3v) is 7.51. The molecule has 0 bridgehead atoms. The molecule has 0 fully saturated rings. The molecule has 0 radical (unpaired) electrons. The van der Waals surface area contributed by atoms with Crippen molar-refractivity contribution in [3.63, 3.8) is 0 Å². The smallest absolute Gasteiger partial charge is 0.264 e. The highest BCUT2D eigenvalue weighted by Gasteiger charge is 2.28. The first-order valence-electron chi connectivity index (χ1n) is 11.2. The predicted molar refractivity (Wildman–Crippen MR) is 141 cm³/mol. The number of anilines is 1. The molecule has 1 N–H and O–H groups in total. The minimum absolute atomic E-state index is 0.120. The molecule has 0 spiro atoms. The zero-order chi connectivity index (χ0) is 25.0. The number of hydrogen-bond acceptors (Lipinski definition) is 4. The van der Waals surface area contributed by atoms with Gasteiger partial charge in [-0.05, 0) is 55.3 Å². The van der Waals surface area contributed by atoms with Gasteiger partial charge in [0.15, 0.2) is 0 Å². The summed E-state index contributed by atoms with van der Waals surface area (Å²) in [6, 6.07) is 25.7. The molecule has 0 saturated heterocycles. The van der Waals surface area contributed by atoms with E-state index in [0.29, 0.717) is 5.69 Å². The second-order valence-corrected chi connectivity index (χ2v) is 10.3. The standard InChI is InChI=1S/C28H27N3O3S/c1-20-11-14-25(15-12-20)35(33,34)31(27-16-13-21(2)17-22(27)3)19-28(32)30-29-18-24-9-6-8-23-7-4-5-10-26(23)24/h4-18H,19H2,1-3H3,(H,30,32)/b29-18-. The monoisotopic (exact) mass is 485 g/mol. The summed E-state index contributed by atoms with van der Waals surface area (Å²) in [5.74, 6) is -0.544. The lowest BCUT2D eigenvalue weighted by Gasteiger charge is -2.25. The molecule has 35 heavy (non-hydrogen) atoms. The molecule has 1 amide bonds. The van der Waals surface area contributed by atoms with Crippen LogP contribution in [0, 0.1) is 20.8 Å². The van der Waals surface area contributed by atoms with Gasteiger partial charge < -0.3 is 0 Å². The first kappa shape index (κ1) is 24.2. The number of hydrogen-bond donors (Lipinski definition) is 1. The van der Waals surface area contributed by atoms with E-state index in [9.17, 15) is 13.2 Å². The summed E-state index contributed by atoms with van der Waals surface area (Å²) in [5, 5.41) is 6.16.